The zero-order valence-corrected chi connectivity index (χ0v) is 16.7. The fourth-order valence-corrected chi connectivity index (χ4v) is 5.33. The number of para-hydroxylation sites is 2. The maximum Gasteiger partial charge on any atom is 0.0577 e. The van der Waals surface area contributed by atoms with Crippen molar-refractivity contribution in [2.24, 2.45) is 5.92 Å². The third-order valence-corrected chi connectivity index (χ3v) is 6.88. The summed E-state index contributed by atoms with van der Waals surface area (Å²) in [5, 5.41) is 2.18. The molecule has 3 atom stereocenters. The van der Waals surface area contributed by atoms with Crippen LogP contribution in [0, 0.1) is 5.92 Å². The Balaban J connectivity index is 1.52. The van der Waals surface area contributed by atoms with Gasteiger partial charge in [-0.2, -0.15) is 0 Å². The second kappa shape index (κ2) is 9.18. The minimum absolute atomic E-state index is 0.313. The average Bonchev–Trinajstić information content (AvgIpc) is 3.20. The molecule has 1 saturated carbocycles. The molecular weight excluding hydrogens is 364 g/mol. The number of hydrogen-bond acceptors (Lipinski definition) is 3. The Hall–Kier alpha value is -2.43. The Labute approximate surface area is 169 Å². The van der Waals surface area contributed by atoms with Gasteiger partial charge in [0.1, 0.15) is 0 Å². The normalized spacial score (nSPS) is 20.0. The highest BCUT2D eigenvalue weighted by Crippen LogP contribution is 2.31. The Bertz CT molecular complexity index is 847. The van der Waals surface area contributed by atoms with E-state index >= 15 is 0 Å². The third kappa shape index (κ3) is 4.51. The molecule has 1 aliphatic rings. The van der Waals surface area contributed by atoms with E-state index in [9.17, 15) is 4.21 Å². The molecular formula is C24H26N2OS. The van der Waals surface area contributed by atoms with Gasteiger partial charge >= 0.3 is 0 Å². The summed E-state index contributed by atoms with van der Waals surface area (Å²) in [5.41, 5.74) is 5.98. The molecule has 0 bridgehead atoms. The predicted molar refractivity (Wildman–Crippen MR) is 117 cm³/mol. The topological polar surface area (TPSA) is 32.3 Å². The molecule has 4 heteroatoms. The van der Waals surface area contributed by atoms with Crippen LogP contribution in [-0.4, -0.2) is 16.0 Å². The molecule has 3 nitrogen and oxygen atoms in total. The first-order valence-corrected chi connectivity index (χ1v) is 11.2. The Morgan fingerprint density at radius 1 is 0.786 bits per heavy atom. The number of rotatable bonds is 7. The van der Waals surface area contributed by atoms with Crippen molar-refractivity contribution < 1.29 is 4.21 Å². The van der Waals surface area contributed by atoms with Gasteiger partial charge in [-0.3, -0.25) is 9.22 Å². The lowest BCUT2D eigenvalue weighted by atomic mass is 10.1. The van der Waals surface area contributed by atoms with Crippen molar-refractivity contribution in [3.8, 4) is 0 Å². The maximum atomic E-state index is 12.8. The van der Waals surface area contributed by atoms with E-state index in [2.05, 4.69) is 59.0 Å². The summed E-state index contributed by atoms with van der Waals surface area (Å²) in [4.78, 5) is 0.927. The van der Waals surface area contributed by atoms with Crippen LogP contribution in [0.1, 0.15) is 19.3 Å². The molecule has 0 saturated heterocycles. The van der Waals surface area contributed by atoms with Crippen LogP contribution in [0.2, 0.25) is 0 Å². The van der Waals surface area contributed by atoms with Gasteiger partial charge in [0.15, 0.2) is 0 Å². The number of hydrogen-bond donors (Lipinski definition) is 1. The molecule has 4 rings (SSSR count). The molecule has 1 N–H and O–H groups in total. The SMILES string of the molecule is O=S(C[C@H]1CCC[C@H]1NN(c1ccccc1)c1ccccc1)c1ccccc1. The van der Waals surface area contributed by atoms with Crippen molar-refractivity contribution in [3.05, 3.63) is 91.0 Å². The Morgan fingerprint density at radius 2 is 1.32 bits per heavy atom. The highest BCUT2D eigenvalue weighted by Gasteiger charge is 2.30. The molecule has 28 heavy (non-hydrogen) atoms. The molecule has 144 valence electrons. The molecule has 3 aromatic rings. The zero-order chi connectivity index (χ0) is 19.2. The lowest BCUT2D eigenvalue weighted by Crippen LogP contribution is -2.45. The predicted octanol–water partition coefficient (Wildman–Crippen LogP) is 5.31. The largest absolute Gasteiger partial charge is 0.277 e. The molecule has 1 aliphatic carbocycles. The molecule has 0 aromatic heterocycles. The summed E-state index contributed by atoms with van der Waals surface area (Å²) >= 11 is 0. The summed E-state index contributed by atoms with van der Waals surface area (Å²) in [6.45, 7) is 0. The first-order valence-electron chi connectivity index (χ1n) is 9.91. The van der Waals surface area contributed by atoms with Crippen LogP contribution < -0.4 is 10.4 Å². The fraction of sp³-hybridized carbons (Fsp3) is 0.250. The van der Waals surface area contributed by atoms with Crippen molar-refractivity contribution in [2.75, 3.05) is 10.8 Å². The summed E-state index contributed by atoms with van der Waals surface area (Å²) in [5.74, 6) is 1.11. The van der Waals surface area contributed by atoms with E-state index in [1.54, 1.807) is 0 Å². The van der Waals surface area contributed by atoms with E-state index in [1.165, 1.54) is 6.42 Å². The van der Waals surface area contributed by atoms with Crippen LogP contribution in [0.25, 0.3) is 0 Å². The van der Waals surface area contributed by atoms with E-state index in [-0.39, 0.29) is 0 Å². The van der Waals surface area contributed by atoms with Crippen molar-refractivity contribution in [2.45, 2.75) is 30.2 Å². The van der Waals surface area contributed by atoms with Gasteiger partial charge in [-0.15, -0.1) is 0 Å². The monoisotopic (exact) mass is 390 g/mol. The van der Waals surface area contributed by atoms with Gasteiger partial charge in [0, 0.05) is 16.7 Å². The molecule has 1 unspecified atom stereocenters. The number of nitrogens with zero attached hydrogens (tertiary/aromatic N) is 1. The van der Waals surface area contributed by atoms with E-state index < -0.39 is 10.8 Å². The number of nitrogens with one attached hydrogen (secondary N) is 1. The molecule has 3 aromatic carbocycles. The first kappa shape index (κ1) is 18.9. The van der Waals surface area contributed by atoms with E-state index in [0.29, 0.717) is 17.7 Å². The van der Waals surface area contributed by atoms with Crippen molar-refractivity contribution in [3.63, 3.8) is 0 Å². The second-order valence-electron chi connectivity index (χ2n) is 7.26. The van der Waals surface area contributed by atoms with E-state index in [0.717, 1.165) is 29.1 Å². The molecule has 0 amide bonds. The molecule has 0 heterocycles. The van der Waals surface area contributed by atoms with Gasteiger partial charge in [-0.1, -0.05) is 61.0 Å². The minimum atomic E-state index is -0.956. The second-order valence-corrected chi connectivity index (χ2v) is 8.75. The summed E-state index contributed by atoms with van der Waals surface area (Å²) in [6, 6.07) is 30.9. The van der Waals surface area contributed by atoms with Crippen molar-refractivity contribution in [1.82, 2.24) is 5.43 Å². The zero-order valence-electron chi connectivity index (χ0n) is 15.9. The first-order chi connectivity index (χ1) is 13.8. The molecule has 0 radical (unpaired) electrons. The van der Waals surface area contributed by atoms with E-state index in [1.807, 2.05) is 42.5 Å². The van der Waals surface area contributed by atoms with Gasteiger partial charge in [-0.05, 0) is 55.2 Å². The maximum absolute atomic E-state index is 12.8. The number of benzene rings is 3. The van der Waals surface area contributed by atoms with Crippen LogP contribution >= 0.6 is 0 Å². The average molecular weight is 391 g/mol. The molecule has 0 spiro atoms. The van der Waals surface area contributed by atoms with Crippen LogP contribution in [-0.2, 0) is 10.8 Å². The third-order valence-electron chi connectivity index (χ3n) is 5.35. The van der Waals surface area contributed by atoms with Gasteiger partial charge < -0.3 is 0 Å². The van der Waals surface area contributed by atoms with Gasteiger partial charge in [-0.25, -0.2) is 5.43 Å². The fourth-order valence-electron chi connectivity index (χ4n) is 3.89. The minimum Gasteiger partial charge on any atom is -0.277 e. The van der Waals surface area contributed by atoms with Crippen LogP contribution in [0.4, 0.5) is 11.4 Å². The lowest BCUT2D eigenvalue weighted by molar-refractivity contribution is 0.434. The lowest BCUT2D eigenvalue weighted by Gasteiger charge is -2.32. The summed E-state index contributed by atoms with van der Waals surface area (Å²) in [6.07, 6.45) is 3.40. The van der Waals surface area contributed by atoms with Gasteiger partial charge in [0.05, 0.1) is 22.2 Å². The van der Waals surface area contributed by atoms with Gasteiger partial charge in [0.2, 0.25) is 0 Å². The summed E-state index contributed by atoms with van der Waals surface area (Å²) in [7, 11) is -0.956. The highest BCUT2D eigenvalue weighted by molar-refractivity contribution is 7.85. The quantitative estimate of drug-likeness (QED) is 0.555. The van der Waals surface area contributed by atoms with E-state index in [4.69, 9.17) is 0 Å². The molecule has 0 aliphatic heterocycles. The Kier molecular flexibility index (Phi) is 6.20. The van der Waals surface area contributed by atoms with Crippen molar-refractivity contribution >= 4 is 22.2 Å². The van der Waals surface area contributed by atoms with Crippen LogP contribution in [0.5, 0.6) is 0 Å². The van der Waals surface area contributed by atoms with Gasteiger partial charge in [0.25, 0.3) is 0 Å². The number of anilines is 2. The molecule has 1 fully saturated rings. The van der Waals surface area contributed by atoms with Crippen LogP contribution in [0.3, 0.4) is 0 Å². The standard InChI is InChI=1S/C24H26N2OS/c27-28(23-16-8-3-9-17-23)19-20-11-10-18-24(20)25-26(21-12-4-1-5-13-21)22-14-6-2-7-15-22/h1-9,12-17,20,24-25H,10-11,18-19H2/t20-,24-,28?/m1/s1. The van der Waals surface area contributed by atoms with Crippen LogP contribution in [0.15, 0.2) is 95.9 Å². The summed E-state index contributed by atoms with van der Waals surface area (Å²) < 4.78 is 12.8. The number of hydrazine groups is 1. The van der Waals surface area contributed by atoms with Crippen molar-refractivity contribution in [1.29, 1.82) is 0 Å². The highest BCUT2D eigenvalue weighted by atomic mass is 32.2. The Morgan fingerprint density at radius 3 is 1.89 bits per heavy atom. The smallest absolute Gasteiger partial charge is 0.0577 e.